The fourth-order valence-corrected chi connectivity index (χ4v) is 1.53. The van der Waals surface area contributed by atoms with Gasteiger partial charge in [0.25, 0.3) is 0 Å². The Labute approximate surface area is 92.8 Å². The molecular weight excluding hydrogens is 218 g/mol. The fraction of sp³-hybridized carbons (Fsp3) is 0.750. The monoisotopic (exact) mass is 231 g/mol. The van der Waals surface area contributed by atoms with Crippen molar-refractivity contribution in [2.75, 3.05) is 5.88 Å². The largest absolute Gasteiger partial charge is 0.342 e. The third-order valence-electron chi connectivity index (χ3n) is 2.48. The van der Waals surface area contributed by atoms with Gasteiger partial charge in [-0.05, 0) is 12.8 Å². The van der Waals surface area contributed by atoms with Crippen LogP contribution in [0.15, 0.2) is 0 Å². The van der Waals surface area contributed by atoms with Crippen LogP contribution in [0.5, 0.6) is 0 Å². The maximum Gasteiger partial charge on any atom is 0.235 e. The molecule has 1 rings (SSSR count). The van der Waals surface area contributed by atoms with Crippen LogP contribution in [-0.2, 0) is 10.3 Å². The number of aromatic amines is 1. The van der Waals surface area contributed by atoms with Crippen molar-refractivity contribution in [1.29, 1.82) is 0 Å². The van der Waals surface area contributed by atoms with E-state index in [2.05, 4.69) is 25.9 Å². The molecule has 0 aliphatic rings. The molecule has 1 heterocycles. The molecule has 2 N–H and O–H groups in total. The molecule has 1 amide bonds. The predicted octanol–water partition coefficient (Wildman–Crippen LogP) is 0.570. The number of hydrogen-bond acceptors (Lipinski definition) is 4. The second-order valence-corrected chi connectivity index (χ2v) is 3.47. The van der Waals surface area contributed by atoms with Gasteiger partial charge in [-0.2, -0.15) is 5.21 Å². The number of H-pyrrole nitrogens is 1. The molecule has 84 valence electrons. The van der Waals surface area contributed by atoms with Crippen LogP contribution in [0.3, 0.4) is 0 Å². The highest BCUT2D eigenvalue weighted by Gasteiger charge is 2.34. The molecule has 0 fully saturated rings. The zero-order valence-corrected chi connectivity index (χ0v) is 9.51. The average molecular weight is 232 g/mol. The summed E-state index contributed by atoms with van der Waals surface area (Å²) in [5.74, 6) is 0.190. The van der Waals surface area contributed by atoms with Crippen molar-refractivity contribution in [1.82, 2.24) is 25.9 Å². The lowest BCUT2D eigenvalue weighted by molar-refractivity contribution is -0.121. The van der Waals surface area contributed by atoms with E-state index < -0.39 is 5.54 Å². The van der Waals surface area contributed by atoms with E-state index in [-0.39, 0.29) is 11.8 Å². The smallest absolute Gasteiger partial charge is 0.235 e. The first-order valence-corrected chi connectivity index (χ1v) is 5.33. The van der Waals surface area contributed by atoms with Crippen molar-refractivity contribution in [2.45, 2.75) is 32.2 Å². The Morgan fingerprint density at radius 3 is 2.60 bits per heavy atom. The highest BCUT2D eigenvalue weighted by molar-refractivity contribution is 6.27. The van der Waals surface area contributed by atoms with Crippen LogP contribution in [0, 0.1) is 0 Å². The maximum atomic E-state index is 11.3. The van der Waals surface area contributed by atoms with Gasteiger partial charge in [0.2, 0.25) is 5.91 Å². The summed E-state index contributed by atoms with van der Waals surface area (Å²) in [7, 11) is 0. The van der Waals surface area contributed by atoms with Crippen molar-refractivity contribution in [3.63, 3.8) is 0 Å². The van der Waals surface area contributed by atoms with Gasteiger partial charge < -0.3 is 5.32 Å². The molecule has 1 aromatic rings. The van der Waals surface area contributed by atoms with Crippen LogP contribution in [0.4, 0.5) is 0 Å². The van der Waals surface area contributed by atoms with Crippen molar-refractivity contribution in [2.24, 2.45) is 0 Å². The molecule has 0 aliphatic heterocycles. The van der Waals surface area contributed by atoms with Crippen molar-refractivity contribution >= 4 is 17.5 Å². The second-order valence-electron chi connectivity index (χ2n) is 3.21. The van der Waals surface area contributed by atoms with E-state index in [1.165, 1.54) is 0 Å². The topological polar surface area (TPSA) is 83.6 Å². The van der Waals surface area contributed by atoms with Gasteiger partial charge in [-0.15, -0.1) is 21.8 Å². The van der Waals surface area contributed by atoms with E-state index in [1.54, 1.807) is 0 Å². The Bertz CT molecular complexity index is 309. The quantitative estimate of drug-likeness (QED) is 0.726. The zero-order valence-electron chi connectivity index (χ0n) is 8.75. The van der Waals surface area contributed by atoms with Gasteiger partial charge in [0.05, 0.1) is 0 Å². The molecular formula is C8H14ClN5O. The third-order valence-corrected chi connectivity index (χ3v) is 2.72. The molecule has 0 spiro atoms. The summed E-state index contributed by atoms with van der Waals surface area (Å²) in [5, 5.41) is 16.5. The van der Waals surface area contributed by atoms with E-state index in [0.29, 0.717) is 18.7 Å². The summed E-state index contributed by atoms with van der Waals surface area (Å²) < 4.78 is 0. The number of nitrogens with one attached hydrogen (secondary N) is 2. The lowest BCUT2D eigenvalue weighted by Crippen LogP contribution is -2.46. The van der Waals surface area contributed by atoms with E-state index in [0.717, 1.165) is 0 Å². The van der Waals surface area contributed by atoms with Crippen LogP contribution in [0.1, 0.15) is 32.5 Å². The number of carbonyl (C=O) groups excluding carboxylic acids is 1. The predicted molar refractivity (Wildman–Crippen MR) is 55.3 cm³/mol. The first-order chi connectivity index (χ1) is 7.18. The molecule has 6 nitrogen and oxygen atoms in total. The first kappa shape index (κ1) is 11.9. The Kier molecular flexibility index (Phi) is 4.02. The summed E-state index contributed by atoms with van der Waals surface area (Å²) >= 11 is 5.46. The number of amides is 1. The van der Waals surface area contributed by atoms with E-state index in [4.69, 9.17) is 11.6 Å². The van der Waals surface area contributed by atoms with Crippen molar-refractivity contribution in [3.8, 4) is 0 Å². The van der Waals surface area contributed by atoms with Crippen LogP contribution < -0.4 is 5.32 Å². The summed E-state index contributed by atoms with van der Waals surface area (Å²) in [6, 6.07) is 0. The molecule has 0 aromatic carbocycles. The average Bonchev–Trinajstić information content (AvgIpc) is 2.79. The standard InChI is InChI=1S/C8H14ClN5O/c1-3-8(4-2,10-6(15)5-9)7-11-13-14-12-7/h3-5H2,1-2H3,(H,10,15)(H,11,12,13,14). The number of halogens is 1. The summed E-state index contributed by atoms with van der Waals surface area (Å²) in [6.45, 7) is 3.91. The highest BCUT2D eigenvalue weighted by Crippen LogP contribution is 2.24. The minimum absolute atomic E-state index is 0.0698. The minimum atomic E-state index is -0.570. The normalized spacial score (nSPS) is 11.4. The van der Waals surface area contributed by atoms with Gasteiger partial charge in [0.1, 0.15) is 11.4 Å². The molecule has 1 aromatic heterocycles. The summed E-state index contributed by atoms with van der Waals surface area (Å²) in [6.07, 6.45) is 1.37. The van der Waals surface area contributed by atoms with Crippen LogP contribution in [0.25, 0.3) is 0 Å². The molecule has 0 atom stereocenters. The zero-order chi connectivity index (χ0) is 11.3. The molecule has 0 radical (unpaired) electrons. The molecule has 0 saturated heterocycles. The van der Waals surface area contributed by atoms with E-state index in [1.807, 2.05) is 13.8 Å². The molecule has 0 saturated carbocycles. The molecule has 0 unspecified atom stereocenters. The molecule has 7 heteroatoms. The minimum Gasteiger partial charge on any atom is -0.342 e. The van der Waals surface area contributed by atoms with Gasteiger partial charge in [-0.3, -0.25) is 4.79 Å². The van der Waals surface area contributed by atoms with Gasteiger partial charge in [0.15, 0.2) is 5.82 Å². The lowest BCUT2D eigenvalue weighted by atomic mass is 9.92. The van der Waals surface area contributed by atoms with E-state index >= 15 is 0 Å². The SMILES string of the molecule is CCC(CC)(NC(=O)CCl)c1nn[nH]n1. The van der Waals surface area contributed by atoms with Gasteiger partial charge in [-0.1, -0.05) is 19.1 Å². The second kappa shape index (κ2) is 5.06. The Morgan fingerprint density at radius 1 is 1.53 bits per heavy atom. The first-order valence-electron chi connectivity index (χ1n) is 4.79. The number of nitrogens with zero attached hydrogens (tertiary/aromatic N) is 3. The molecule has 0 bridgehead atoms. The van der Waals surface area contributed by atoms with E-state index in [9.17, 15) is 4.79 Å². The van der Waals surface area contributed by atoms with Gasteiger partial charge in [-0.25, -0.2) is 0 Å². The third kappa shape index (κ3) is 2.44. The highest BCUT2D eigenvalue weighted by atomic mass is 35.5. The Balaban J connectivity index is 2.92. The Hall–Kier alpha value is -1.17. The fourth-order valence-electron chi connectivity index (χ4n) is 1.46. The summed E-state index contributed by atoms with van der Waals surface area (Å²) in [5.41, 5.74) is -0.570. The molecule has 15 heavy (non-hydrogen) atoms. The lowest BCUT2D eigenvalue weighted by Gasteiger charge is -2.28. The number of hydrogen-bond donors (Lipinski definition) is 2. The number of tetrazole rings is 1. The number of alkyl halides is 1. The number of carbonyl (C=O) groups is 1. The van der Waals surface area contributed by atoms with Crippen LogP contribution in [-0.4, -0.2) is 32.4 Å². The van der Waals surface area contributed by atoms with Crippen molar-refractivity contribution < 1.29 is 4.79 Å². The number of aromatic nitrogens is 4. The van der Waals surface area contributed by atoms with Crippen molar-refractivity contribution in [3.05, 3.63) is 5.82 Å². The summed E-state index contributed by atoms with van der Waals surface area (Å²) in [4.78, 5) is 11.3. The van der Waals surface area contributed by atoms with Crippen LogP contribution in [0.2, 0.25) is 0 Å². The van der Waals surface area contributed by atoms with Crippen LogP contribution >= 0.6 is 11.6 Å². The maximum absolute atomic E-state index is 11.3. The Morgan fingerprint density at radius 2 is 2.20 bits per heavy atom. The molecule has 0 aliphatic carbocycles. The number of rotatable bonds is 5. The van der Waals surface area contributed by atoms with Gasteiger partial charge in [0, 0.05) is 0 Å². The van der Waals surface area contributed by atoms with Gasteiger partial charge >= 0.3 is 0 Å².